The second kappa shape index (κ2) is 7.01. The molecule has 0 spiro atoms. The van der Waals surface area contributed by atoms with Crippen LogP contribution in [0.3, 0.4) is 0 Å². The maximum atomic E-state index is 12.7. The van der Waals surface area contributed by atoms with Crippen LogP contribution in [-0.2, 0) is 6.54 Å². The zero-order valence-electron chi connectivity index (χ0n) is 14.8. The molecule has 2 aliphatic rings. The third-order valence-corrected chi connectivity index (χ3v) is 5.43. The van der Waals surface area contributed by atoms with E-state index in [1.807, 2.05) is 16.7 Å². The third-order valence-electron chi connectivity index (χ3n) is 4.20. The van der Waals surface area contributed by atoms with Gasteiger partial charge in [0.25, 0.3) is 0 Å². The summed E-state index contributed by atoms with van der Waals surface area (Å²) in [6, 6.07) is 0.143. The first-order chi connectivity index (χ1) is 11.5. The van der Waals surface area contributed by atoms with Crippen molar-refractivity contribution in [3.8, 4) is 0 Å². The number of carbonyl (C=O) groups is 1. The van der Waals surface area contributed by atoms with Gasteiger partial charge in [0.1, 0.15) is 0 Å². The molecule has 24 heavy (non-hydrogen) atoms. The van der Waals surface area contributed by atoms with Gasteiger partial charge in [0.2, 0.25) is 0 Å². The maximum absolute atomic E-state index is 12.7. The van der Waals surface area contributed by atoms with E-state index in [9.17, 15) is 4.79 Å². The average molecular weight is 347 g/mol. The summed E-state index contributed by atoms with van der Waals surface area (Å²) < 4.78 is 0. The molecule has 7 heteroatoms. The maximum Gasteiger partial charge on any atom is 0.322 e. The summed E-state index contributed by atoms with van der Waals surface area (Å²) >= 11 is 1.70. The SMILES string of the molecule is CC1=CSC(N2CCN(CC(C)C)C2=O)N1Cc1cncc(C)n1. The minimum Gasteiger partial charge on any atom is -0.340 e. The summed E-state index contributed by atoms with van der Waals surface area (Å²) in [4.78, 5) is 27.7. The van der Waals surface area contributed by atoms with Crippen molar-refractivity contribution in [3.05, 3.63) is 34.9 Å². The van der Waals surface area contributed by atoms with Crippen LogP contribution in [0, 0.1) is 12.8 Å². The van der Waals surface area contributed by atoms with E-state index in [0.29, 0.717) is 12.5 Å². The Morgan fingerprint density at radius 3 is 2.79 bits per heavy atom. The van der Waals surface area contributed by atoms with Crippen molar-refractivity contribution in [1.82, 2.24) is 24.7 Å². The van der Waals surface area contributed by atoms with Crippen molar-refractivity contribution in [1.29, 1.82) is 0 Å². The fourth-order valence-electron chi connectivity index (χ4n) is 3.10. The zero-order valence-corrected chi connectivity index (χ0v) is 15.6. The second-order valence-electron chi connectivity index (χ2n) is 6.82. The van der Waals surface area contributed by atoms with Crippen LogP contribution < -0.4 is 0 Å². The van der Waals surface area contributed by atoms with E-state index in [0.717, 1.165) is 31.0 Å². The van der Waals surface area contributed by atoms with Crippen molar-refractivity contribution in [2.75, 3.05) is 19.6 Å². The van der Waals surface area contributed by atoms with Crippen LogP contribution >= 0.6 is 11.8 Å². The first-order valence-electron chi connectivity index (χ1n) is 8.37. The molecular weight excluding hydrogens is 322 g/mol. The highest BCUT2D eigenvalue weighted by atomic mass is 32.2. The Morgan fingerprint density at radius 2 is 2.08 bits per heavy atom. The molecule has 0 radical (unpaired) electrons. The topological polar surface area (TPSA) is 52.6 Å². The van der Waals surface area contributed by atoms with Gasteiger partial charge < -0.3 is 9.80 Å². The first kappa shape index (κ1) is 17.1. The normalized spacial score (nSPS) is 21.2. The minimum absolute atomic E-state index is 0.0111. The van der Waals surface area contributed by atoms with Crippen LogP contribution in [0.2, 0.25) is 0 Å². The molecule has 1 atom stereocenters. The summed E-state index contributed by atoms with van der Waals surface area (Å²) in [5, 5.41) is 2.13. The van der Waals surface area contributed by atoms with Crippen LogP contribution in [0.5, 0.6) is 0 Å². The Hall–Kier alpha value is -1.76. The second-order valence-corrected chi connectivity index (χ2v) is 7.75. The molecule has 0 aliphatic carbocycles. The van der Waals surface area contributed by atoms with E-state index >= 15 is 0 Å². The Kier molecular flexibility index (Phi) is 4.99. The van der Waals surface area contributed by atoms with Gasteiger partial charge in [0.15, 0.2) is 5.50 Å². The molecule has 3 rings (SSSR count). The van der Waals surface area contributed by atoms with Gasteiger partial charge in [-0.15, -0.1) is 0 Å². The summed E-state index contributed by atoms with van der Waals surface area (Å²) in [5.74, 6) is 0.490. The van der Waals surface area contributed by atoms with Gasteiger partial charge in [-0.1, -0.05) is 25.6 Å². The van der Waals surface area contributed by atoms with Crippen LogP contribution in [0.25, 0.3) is 0 Å². The van der Waals surface area contributed by atoms with Crippen molar-refractivity contribution >= 4 is 17.8 Å². The number of urea groups is 1. The zero-order chi connectivity index (χ0) is 17.3. The molecule has 2 aliphatic heterocycles. The van der Waals surface area contributed by atoms with Crippen molar-refractivity contribution in [2.45, 2.75) is 39.7 Å². The summed E-state index contributed by atoms with van der Waals surface area (Å²) in [5.41, 5.74) is 3.03. The number of allylic oxidation sites excluding steroid dienone is 1. The van der Waals surface area contributed by atoms with Crippen molar-refractivity contribution in [3.63, 3.8) is 0 Å². The van der Waals surface area contributed by atoms with Gasteiger partial charge in [0, 0.05) is 31.5 Å². The van der Waals surface area contributed by atoms with Crippen LogP contribution in [0.4, 0.5) is 4.79 Å². The van der Waals surface area contributed by atoms with Gasteiger partial charge in [-0.05, 0) is 25.2 Å². The van der Waals surface area contributed by atoms with E-state index in [1.54, 1.807) is 24.2 Å². The predicted octanol–water partition coefficient (Wildman–Crippen LogP) is 2.87. The Morgan fingerprint density at radius 1 is 1.29 bits per heavy atom. The van der Waals surface area contributed by atoms with E-state index in [4.69, 9.17) is 0 Å². The first-order valence-corrected chi connectivity index (χ1v) is 9.32. The van der Waals surface area contributed by atoms with E-state index in [-0.39, 0.29) is 11.5 Å². The number of aryl methyl sites for hydroxylation is 1. The van der Waals surface area contributed by atoms with Crippen LogP contribution in [-0.4, -0.2) is 55.8 Å². The number of rotatable bonds is 5. The molecule has 1 aromatic heterocycles. The largest absolute Gasteiger partial charge is 0.340 e. The average Bonchev–Trinajstić information content (AvgIpc) is 3.04. The molecule has 0 aromatic carbocycles. The highest BCUT2D eigenvalue weighted by Gasteiger charge is 2.39. The number of nitrogens with zero attached hydrogens (tertiary/aromatic N) is 5. The Balaban J connectivity index is 1.72. The van der Waals surface area contributed by atoms with Crippen LogP contribution in [0.1, 0.15) is 32.2 Å². The fraction of sp³-hybridized carbons (Fsp3) is 0.588. The smallest absolute Gasteiger partial charge is 0.322 e. The Labute approximate surface area is 147 Å². The van der Waals surface area contributed by atoms with Crippen molar-refractivity contribution in [2.24, 2.45) is 5.92 Å². The third kappa shape index (κ3) is 3.50. The standard InChI is InChI=1S/C17H25N5OS/c1-12(2)9-20-5-6-21(16(20)23)17-22(14(4)11-24-17)10-15-8-18-7-13(3)19-15/h7-8,11-12,17H,5-6,9-10H2,1-4H3. The van der Waals surface area contributed by atoms with Crippen LogP contribution in [0.15, 0.2) is 23.5 Å². The molecule has 1 aromatic rings. The lowest BCUT2D eigenvalue weighted by Gasteiger charge is -2.34. The van der Waals surface area contributed by atoms with Gasteiger partial charge >= 0.3 is 6.03 Å². The highest BCUT2D eigenvalue weighted by molar-refractivity contribution is 8.02. The lowest BCUT2D eigenvalue weighted by atomic mass is 10.2. The van der Waals surface area contributed by atoms with Gasteiger partial charge in [-0.2, -0.15) is 0 Å². The summed E-state index contributed by atoms with van der Waals surface area (Å²) in [7, 11) is 0. The molecule has 0 N–H and O–H groups in total. The predicted molar refractivity (Wildman–Crippen MR) is 96.0 cm³/mol. The van der Waals surface area contributed by atoms with Gasteiger partial charge in [0.05, 0.1) is 24.1 Å². The molecule has 130 valence electrons. The molecule has 3 heterocycles. The number of hydrogen-bond acceptors (Lipinski definition) is 5. The Bertz CT molecular complexity index is 648. The number of amides is 2. The highest BCUT2D eigenvalue weighted by Crippen LogP contribution is 2.35. The molecule has 0 bridgehead atoms. The summed E-state index contributed by atoms with van der Waals surface area (Å²) in [6.07, 6.45) is 3.56. The van der Waals surface area contributed by atoms with E-state index in [2.05, 4.69) is 41.0 Å². The molecule has 0 saturated carbocycles. The van der Waals surface area contributed by atoms with E-state index in [1.165, 1.54) is 5.70 Å². The molecule has 6 nitrogen and oxygen atoms in total. The number of hydrogen-bond donors (Lipinski definition) is 0. The number of aromatic nitrogens is 2. The monoisotopic (exact) mass is 347 g/mol. The van der Waals surface area contributed by atoms with Crippen molar-refractivity contribution < 1.29 is 4.79 Å². The summed E-state index contributed by atoms with van der Waals surface area (Å²) in [6.45, 7) is 11.4. The molecule has 2 amide bonds. The quantitative estimate of drug-likeness (QED) is 0.820. The van der Waals surface area contributed by atoms with Gasteiger partial charge in [-0.3, -0.25) is 14.9 Å². The van der Waals surface area contributed by atoms with E-state index < -0.39 is 0 Å². The van der Waals surface area contributed by atoms with Gasteiger partial charge in [-0.25, -0.2) is 4.79 Å². The number of thioether (sulfide) groups is 1. The molecule has 1 saturated heterocycles. The molecule has 1 unspecified atom stereocenters. The minimum atomic E-state index is 0.0111. The lowest BCUT2D eigenvalue weighted by Crippen LogP contribution is -2.45. The molecule has 1 fully saturated rings. The number of carbonyl (C=O) groups excluding carboxylic acids is 1. The lowest BCUT2D eigenvalue weighted by molar-refractivity contribution is 0.147. The molecular formula is C17H25N5OS. The fourth-order valence-corrected chi connectivity index (χ4v) is 4.29.